The van der Waals surface area contributed by atoms with Crippen LogP contribution >= 0.6 is 23.2 Å². The van der Waals surface area contributed by atoms with Crippen LogP contribution in [0.3, 0.4) is 0 Å². The van der Waals surface area contributed by atoms with E-state index in [1.165, 1.54) is 12.1 Å². The fourth-order valence-electron chi connectivity index (χ4n) is 4.06. The van der Waals surface area contributed by atoms with Gasteiger partial charge in [0.25, 0.3) is 0 Å². The minimum atomic E-state index is -1.07. The van der Waals surface area contributed by atoms with Gasteiger partial charge in [-0.3, -0.25) is 0 Å². The first-order valence-corrected chi connectivity index (χ1v) is 9.17. The molecule has 4 nitrogen and oxygen atoms in total. The Morgan fingerprint density at radius 3 is 1.58 bits per heavy atom. The molecule has 0 heterocycles. The van der Waals surface area contributed by atoms with Crippen LogP contribution in [0.2, 0.25) is 10.0 Å². The number of hydrogen-bond acceptors (Lipinski definition) is 2. The minimum absolute atomic E-state index is 0.116. The van der Waals surface area contributed by atoms with Crippen molar-refractivity contribution in [2.75, 3.05) is 0 Å². The number of carboxylic acids is 2. The van der Waals surface area contributed by atoms with Crippen LogP contribution in [0.1, 0.15) is 63.9 Å². The van der Waals surface area contributed by atoms with Crippen molar-refractivity contribution in [3.63, 3.8) is 0 Å². The fourth-order valence-corrected chi connectivity index (χ4v) is 4.40. The average molecular weight is 393 g/mol. The molecule has 26 heavy (non-hydrogen) atoms. The normalized spacial score (nSPS) is 16.2. The molecule has 2 N–H and O–H groups in total. The summed E-state index contributed by atoms with van der Waals surface area (Å²) in [6.45, 7) is 0. The molecular formula is C20H18Cl2O4. The third kappa shape index (κ3) is 3.31. The van der Waals surface area contributed by atoms with Crippen molar-refractivity contribution in [2.45, 2.75) is 37.5 Å². The van der Waals surface area contributed by atoms with Crippen molar-refractivity contribution in [3.8, 4) is 0 Å². The van der Waals surface area contributed by atoms with E-state index in [1.54, 1.807) is 24.3 Å². The van der Waals surface area contributed by atoms with Crippen molar-refractivity contribution in [3.05, 3.63) is 68.7 Å². The van der Waals surface area contributed by atoms with Crippen LogP contribution in [0.25, 0.3) is 0 Å². The lowest BCUT2D eigenvalue weighted by atomic mass is 9.63. The third-order valence-electron chi connectivity index (χ3n) is 5.16. The lowest BCUT2D eigenvalue weighted by molar-refractivity contribution is 0.0686. The van der Waals surface area contributed by atoms with Gasteiger partial charge >= 0.3 is 11.9 Å². The van der Waals surface area contributed by atoms with Gasteiger partial charge in [0.15, 0.2) is 0 Å². The second-order valence-electron chi connectivity index (χ2n) is 6.63. The van der Waals surface area contributed by atoms with Crippen molar-refractivity contribution in [2.24, 2.45) is 0 Å². The Morgan fingerprint density at radius 2 is 1.19 bits per heavy atom. The number of carboxylic acid groups (broad SMARTS) is 2. The molecule has 1 fully saturated rings. The van der Waals surface area contributed by atoms with Crippen LogP contribution in [0.4, 0.5) is 0 Å². The van der Waals surface area contributed by atoms with E-state index in [9.17, 15) is 19.8 Å². The number of aromatic carboxylic acids is 2. The molecule has 0 aromatic heterocycles. The molecule has 2 aromatic rings. The minimum Gasteiger partial charge on any atom is -0.478 e. The Hall–Kier alpha value is -2.04. The SMILES string of the molecule is O=C(O)c1cc(Cl)ccc1C1(c2ccc(Cl)cc2C(=O)O)CCCCC1. The van der Waals surface area contributed by atoms with Crippen molar-refractivity contribution < 1.29 is 19.8 Å². The number of rotatable bonds is 4. The average Bonchev–Trinajstić information content (AvgIpc) is 2.62. The fraction of sp³-hybridized carbons (Fsp3) is 0.300. The van der Waals surface area contributed by atoms with Crippen molar-refractivity contribution in [1.82, 2.24) is 0 Å². The maximum absolute atomic E-state index is 11.9. The van der Waals surface area contributed by atoms with Crippen LogP contribution in [-0.2, 0) is 5.41 Å². The molecule has 0 unspecified atom stereocenters. The zero-order valence-corrected chi connectivity index (χ0v) is 15.5. The first-order chi connectivity index (χ1) is 12.3. The molecule has 1 saturated carbocycles. The predicted molar refractivity (Wildman–Crippen MR) is 101 cm³/mol. The summed E-state index contributed by atoms with van der Waals surface area (Å²) >= 11 is 12.0. The van der Waals surface area contributed by atoms with Gasteiger partial charge in [-0.2, -0.15) is 0 Å². The summed E-state index contributed by atoms with van der Waals surface area (Å²) in [7, 11) is 0. The summed E-state index contributed by atoms with van der Waals surface area (Å²) in [5, 5.41) is 20.1. The number of halogens is 2. The van der Waals surface area contributed by atoms with Crippen LogP contribution in [0, 0.1) is 0 Å². The molecule has 0 spiro atoms. The van der Waals surface area contributed by atoms with Gasteiger partial charge in [-0.15, -0.1) is 0 Å². The Labute approximate surface area is 161 Å². The van der Waals surface area contributed by atoms with Gasteiger partial charge in [-0.05, 0) is 48.2 Å². The molecule has 1 aliphatic carbocycles. The largest absolute Gasteiger partial charge is 0.478 e. The standard InChI is InChI=1S/C20H18Cl2O4/c21-12-4-6-16(14(10-12)18(23)24)20(8-2-1-3-9-20)17-7-5-13(22)11-15(17)19(25)26/h4-7,10-11H,1-3,8-9H2,(H,23,24)(H,25,26). The monoisotopic (exact) mass is 392 g/mol. The Balaban J connectivity index is 2.32. The molecule has 3 rings (SSSR count). The highest BCUT2D eigenvalue weighted by atomic mass is 35.5. The summed E-state index contributed by atoms with van der Waals surface area (Å²) < 4.78 is 0. The highest BCUT2D eigenvalue weighted by Gasteiger charge is 2.40. The van der Waals surface area contributed by atoms with Crippen LogP contribution < -0.4 is 0 Å². The number of benzene rings is 2. The highest BCUT2D eigenvalue weighted by Crippen LogP contribution is 2.48. The Bertz CT molecular complexity index is 805. The molecule has 0 bridgehead atoms. The second-order valence-corrected chi connectivity index (χ2v) is 7.51. The van der Waals surface area contributed by atoms with E-state index in [2.05, 4.69) is 0 Å². The van der Waals surface area contributed by atoms with E-state index in [0.29, 0.717) is 34.0 Å². The molecule has 136 valence electrons. The summed E-state index contributed by atoms with van der Waals surface area (Å²) in [5.74, 6) is -2.14. The van der Waals surface area contributed by atoms with E-state index < -0.39 is 17.4 Å². The molecule has 0 aliphatic heterocycles. The molecule has 0 radical (unpaired) electrons. The van der Waals surface area contributed by atoms with Gasteiger partial charge in [0, 0.05) is 15.5 Å². The van der Waals surface area contributed by atoms with E-state index in [1.807, 2.05) is 0 Å². The molecule has 2 aromatic carbocycles. The van der Waals surface area contributed by atoms with Crippen molar-refractivity contribution in [1.29, 1.82) is 0 Å². The van der Waals surface area contributed by atoms with Gasteiger partial charge in [0.2, 0.25) is 0 Å². The molecule has 0 saturated heterocycles. The smallest absolute Gasteiger partial charge is 0.336 e. The van der Waals surface area contributed by atoms with Crippen molar-refractivity contribution >= 4 is 35.1 Å². The van der Waals surface area contributed by atoms with E-state index >= 15 is 0 Å². The predicted octanol–water partition coefficient (Wildman–Crippen LogP) is 5.64. The van der Waals surface area contributed by atoms with Crippen LogP contribution in [-0.4, -0.2) is 22.2 Å². The van der Waals surface area contributed by atoms with Gasteiger partial charge in [-0.1, -0.05) is 54.6 Å². The third-order valence-corrected chi connectivity index (χ3v) is 5.63. The number of hydrogen-bond donors (Lipinski definition) is 2. The lowest BCUT2D eigenvalue weighted by Crippen LogP contribution is -2.34. The van der Waals surface area contributed by atoms with Crippen LogP contribution in [0.15, 0.2) is 36.4 Å². The molecule has 0 amide bonds. The topological polar surface area (TPSA) is 74.6 Å². The highest BCUT2D eigenvalue weighted by molar-refractivity contribution is 6.31. The number of carbonyl (C=O) groups is 2. The maximum atomic E-state index is 11.9. The molecule has 1 aliphatic rings. The molecular weight excluding hydrogens is 375 g/mol. The second kappa shape index (κ2) is 7.29. The lowest BCUT2D eigenvalue weighted by Gasteiger charge is -2.40. The van der Waals surface area contributed by atoms with E-state index in [4.69, 9.17) is 23.2 Å². The maximum Gasteiger partial charge on any atom is 0.336 e. The van der Waals surface area contributed by atoms with E-state index in [-0.39, 0.29) is 11.1 Å². The van der Waals surface area contributed by atoms with Gasteiger partial charge in [0.05, 0.1) is 11.1 Å². The molecule has 6 heteroatoms. The van der Waals surface area contributed by atoms with E-state index in [0.717, 1.165) is 19.3 Å². The first-order valence-electron chi connectivity index (χ1n) is 8.42. The summed E-state index contributed by atoms with van der Waals surface area (Å²) in [6, 6.07) is 9.64. The summed E-state index contributed by atoms with van der Waals surface area (Å²) in [4.78, 5) is 23.7. The van der Waals surface area contributed by atoms with Gasteiger partial charge in [-0.25, -0.2) is 9.59 Å². The summed E-state index contributed by atoms with van der Waals surface area (Å²) in [5.41, 5.74) is 0.767. The first kappa shape index (κ1) is 18.7. The molecule has 0 atom stereocenters. The Morgan fingerprint density at radius 1 is 0.769 bits per heavy atom. The van der Waals surface area contributed by atoms with Crippen LogP contribution in [0.5, 0.6) is 0 Å². The quantitative estimate of drug-likeness (QED) is 0.705. The Kier molecular flexibility index (Phi) is 5.26. The zero-order valence-electron chi connectivity index (χ0n) is 14.0. The zero-order chi connectivity index (χ0) is 18.9. The van der Waals surface area contributed by atoms with Gasteiger partial charge < -0.3 is 10.2 Å². The van der Waals surface area contributed by atoms with Gasteiger partial charge in [0.1, 0.15) is 0 Å². The summed E-state index contributed by atoms with van der Waals surface area (Å²) in [6.07, 6.45) is 4.17.